The molecule has 5 heteroatoms. The first-order chi connectivity index (χ1) is 9.52. The fourth-order valence-electron chi connectivity index (χ4n) is 2.10. The summed E-state index contributed by atoms with van der Waals surface area (Å²) in [5.74, 6) is 0. The van der Waals surface area contributed by atoms with Gasteiger partial charge in [-0.3, -0.25) is 0 Å². The van der Waals surface area contributed by atoms with Gasteiger partial charge in [-0.2, -0.15) is 13.2 Å². The zero-order valence-electron chi connectivity index (χ0n) is 12.6. The van der Waals surface area contributed by atoms with Gasteiger partial charge in [-0.05, 0) is 6.42 Å². The van der Waals surface area contributed by atoms with Crippen LogP contribution in [0.25, 0.3) is 0 Å². The summed E-state index contributed by atoms with van der Waals surface area (Å²) in [7, 11) is 0. The Morgan fingerprint density at radius 2 is 1.40 bits per heavy atom. The zero-order chi connectivity index (χ0) is 15.3. The highest BCUT2D eigenvalue weighted by Gasteiger charge is 2.39. The minimum Gasteiger partial charge on any atom is -0.396 e. The van der Waals surface area contributed by atoms with Crippen molar-refractivity contribution in [1.82, 2.24) is 0 Å². The maximum absolute atomic E-state index is 12.4. The molecular weight excluding hydrogens is 269 g/mol. The summed E-state index contributed by atoms with van der Waals surface area (Å²) in [6.07, 6.45) is 3.52. The normalized spacial score (nSPS) is 13.7. The zero-order valence-corrected chi connectivity index (χ0v) is 12.6. The van der Waals surface area contributed by atoms with Crippen molar-refractivity contribution >= 4 is 0 Å². The molecule has 0 saturated heterocycles. The Morgan fingerprint density at radius 3 is 1.85 bits per heavy atom. The number of aliphatic hydroxyl groups is 1. The quantitative estimate of drug-likeness (QED) is 0.493. The van der Waals surface area contributed by atoms with Crippen LogP contribution in [0.5, 0.6) is 0 Å². The molecule has 122 valence electrons. The molecule has 1 atom stereocenters. The van der Waals surface area contributed by atoms with Crippen molar-refractivity contribution < 1.29 is 23.0 Å². The van der Waals surface area contributed by atoms with Crippen LogP contribution in [0.4, 0.5) is 13.2 Å². The fourth-order valence-corrected chi connectivity index (χ4v) is 2.10. The average molecular weight is 298 g/mol. The van der Waals surface area contributed by atoms with Crippen molar-refractivity contribution in [3.63, 3.8) is 0 Å². The number of halogens is 3. The van der Waals surface area contributed by atoms with E-state index in [0.29, 0.717) is 6.42 Å². The Kier molecular flexibility index (Phi) is 12.3. The molecule has 0 aromatic heterocycles. The van der Waals surface area contributed by atoms with Crippen LogP contribution in [0.2, 0.25) is 0 Å². The van der Waals surface area contributed by atoms with Gasteiger partial charge in [0.2, 0.25) is 0 Å². The van der Waals surface area contributed by atoms with Gasteiger partial charge in [0, 0.05) is 19.6 Å². The number of aliphatic hydroxyl groups excluding tert-OH is 1. The summed E-state index contributed by atoms with van der Waals surface area (Å²) >= 11 is 0. The van der Waals surface area contributed by atoms with Crippen molar-refractivity contribution in [3.05, 3.63) is 0 Å². The molecule has 20 heavy (non-hydrogen) atoms. The number of rotatable bonds is 13. The van der Waals surface area contributed by atoms with Crippen molar-refractivity contribution in [1.29, 1.82) is 0 Å². The second kappa shape index (κ2) is 12.5. The van der Waals surface area contributed by atoms with Gasteiger partial charge in [-0.25, -0.2) is 0 Å². The maximum atomic E-state index is 12.4. The molecule has 1 N–H and O–H groups in total. The van der Waals surface area contributed by atoms with Gasteiger partial charge < -0.3 is 9.84 Å². The summed E-state index contributed by atoms with van der Waals surface area (Å²) in [5, 5.41) is 8.58. The van der Waals surface area contributed by atoms with E-state index in [1.165, 1.54) is 32.1 Å². The maximum Gasteiger partial charge on any atom is 0.414 e. The third-order valence-electron chi connectivity index (χ3n) is 3.32. The van der Waals surface area contributed by atoms with Crippen LogP contribution in [-0.2, 0) is 4.74 Å². The highest BCUT2D eigenvalue weighted by molar-refractivity contribution is 4.67. The predicted molar refractivity (Wildman–Crippen MR) is 74.7 cm³/mol. The lowest BCUT2D eigenvalue weighted by Crippen LogP contribution is -2.32. The number of unbranched alkanes of at least 4 members (excludes halogenated alkanes) is 8. The van der Waals surface area contributed by atoms with E-state index >= 15 is 0 Å². The highest BCUT2D eigenvalue weighted by atomic mass is 19.4. The molecule has 0 radical (unpaired) electrons. The van der Waals surface area contributed by atoms with E-state index < -0.39 is 18.9 Å². The van der Waals surface area contributed by atoms with Crippen LogP contribution in [0, 0.1) is 0 Å². The number of hydrogen-bond donors (Lipinski definition) is 1. The van der Waals surface area contributed by atoms with Gasteiger partial charge in [0.15, 0.2) is 6.10 Å². The Bertz CT molecular complexity index is 208. The molecule has 0 spiro atoms. The summed E-state index contributed by atoms with van der Waals surface area (Å²) in [4.78, 5) is 0. The minimum atomic E-state index is -4.37. The summed E-state index contributed by atoms with van der Waals surface area (Å²) < 4.78 is 42.2. The lowest BCUT2D eigenvalue weighted by Gasteiger charge is -2.19. The van der Waals surface area contributed by atoms with E-state index in [-0.39, 0.29) is 13.0 Å². The third kappa shape index (κ3) is 11.5. The average Bonchev–Trinajstić information content (AvgIpc) is 2.38. The topological polar surface area (TPSA) is 29.5 Å². The molecule has 0 bridgehead atoms. The van der Waals surface area contributed by atoms with Crippen molar-refractivity contribution in [2.45, 2.75) is 83.4 Å². The number of hydrogen-bond acceptors (Lipinski definition) is 2. The lowest BCUT2D eigenvalue weighted by atomic mass is 10.1. The molecule has 0 aromatic carbocycles. The van der Waals surface area contributed by atoms with Gasteiger partial charge in [-0.15, -0.1) is 0 Å². The van der Waals surface area contributed by atoms with Crippen molar-refractivity contribution in [2.75, 3.05) is 13.2 Å². The fraction of sp³-hybridized carbons (Fsp3) is 1.00. The second-order valence-electron chi connectivity index (χ2n) is 5.24. The van der Waals surface area contributed by atoms with E-state index in [1.54, 1.807) is 0 Å². The van der Waals surface area contributed by atoms with Crippen LogP contribution in [0.15, 0.2) is 0 Å². The van der Waals surface area contributed by atoms with Crippen molar-refractivity contribution in [2.24, 2.45) is 0 Å². The molecule has 0 aliphatic rings. The first kappa shape index (κ1) is 19.7. The first-order valence-electron chi connectivity index (χ1n) is 7.81. The summed E-state index contributed by atoms with van der Waals surface area (Å²) in [6, 6.07) is 0. The standard InChI is InChI=1S/C15H29F3O2/c1-2-3-4-5-6-7-8-9-10-13-20-14(11-12-19)15(16,17)18/h14,19H,2-13H2,1H3. The molecular formula is C15H29F3O2. The summed E-state index contributed by atoms with van der Waals surface area (Å²) in [5.41, 5.74) is 0. The van der Waals surface area contributed by atoms with Gasteiger partial charge in [0.25, 0.3) is 0 Å². The van der Waals surface area contributed by atoms with E-state index in [0.717, 1.165) is 19.3 Å². The SMILES string of the molecule is CCCCCCCCCCCOC(CCO)C(F)(F)F. The van der Waals surface area contributed by atoms with E-state index in [9.17, 15) is 13.2 Å². The Hall–Kier alpha value is -0.290. The molecule has 2 nitrogen and oxygen atoms in total. The van der Waals surface area contributed by atoms with Crippen LogP contribution >= 0.6 is 0 Å². The monoisotopic (exact) mass is 298 g/mol. The predicted octanol–water partition coefficient (Wildman–Crippen LogP) is 4.85. The van der Waals surface area contributed by atoms with Crippen LogP contribution in [-0.4, -0.2) is 30.6 Å². The second-order valence-corrected chi connectivity index (χ2v) is 5.24. The van der Waals surface area contributed by atoms with Gasteiger partial charge in [0.1, 0.15) is 0 Å². The van der Waals surface area contributed by atoms with Crippen LogP contribution in [0.3, 0.4) is 0 Å². The minimum absolute atomic E-state index is 0.125. The Balaban J connectivity index is 3.41. The molecule has 1 unspecified atom stereocenters. The lowest BCUT2D eigenvalue weighted by molar-refractivity contribution is -0.224. The molecule has 0 aliphatic carbocycles. The van der Waals surface area contributed by atoms with Crippen molar-refractivity contribution in [3.8, 4) is 0 Å². The Labute approximate surface area is 120 Å². The molecule has 0 fully saturated rings. The van der Waals surface area contributed by atoms with E-state index in [2.05, 4.69) is 6.92 Å². The van der Waals surface area contributed by atoms with E-state index in [1.807, 2.05) is 0 Å². The first-order valence-corrected chi connectivity index (χ1v) is 7.81. The number of ether oxygens (including phenoxy) is 1. The molecule has 0 amide bonds. The van der Waals surface area contributed by atoms with Gasteiger partial charge >= 0.3 is 6.18 Å². The van der Waals surface area contributed by atoms with Crippen LogP contribution in [0.1, 0.15) is 71.1 Å². The smallest absolute Gasteiger partial charge is 0.396 e. The van der Waals surface area contributed by atoms with E-state index in [4.69, 9.17) is 9.84 Å². The largest absolute Gasteiger partial charge is 0.414 e. The molecule has 0 rings (SSSR count). The molecule has 0 aromatic rings. The Morgan fingerprint density at radius 1 is 0.900 bits per heavy atom. The van der Waals surface area contributed by atoms with Gasteiger partial charge in [-0.1, -0.05) is 58.3 Å². The third-order valence-corrected chi connectivity index (χ3v) is 3.32. The number of alkyl halides is 3. The molecule has 0 aliphatic heterocycles. The molecule has 0 saturated carbocycles. The highest BCUT2D eigenvalue weighted by Crippen LogP contribution is 2.25. The summed E-state index contributed by atoms with van der Waals surface area (Å²) in [6.45, 7) is 1.81. The van der Waals surface area contributed by atoms with Crippen LogP contribution < -0.4 is 0 Å². The van der Waals surface area contributed by atoms with Gasteiger partial charge in [0.05, 0.1) is 0 Å². The molecule has 0 heterocycles.